The zero-order chi connectivity index (χ0) is 14.9. The van der Waals surface area contributed by atoms with Crippen molar-refractivity contribution in [2.75, 3.05) is 20.5 Å². The van der Waals surface area contributed by atoms with E-state index < -0.39 is 5.97 Å². The molecule has 0 saturated carbocycles. The molecular weight excluding hydrogens is 262 g/mol. The van der Waals surface area contributed by atoms with Gasteiger partial charge < -0.3 is 0 Å². The van der Waals surface area contributed by atoms with Crippen molar-refractivity contribution in [1.29, 1.82) is 0 Å². The molecule has 0 aliphatic carbocycles. The summed E-state index contributed by atoms with van der Waals surface area (Å²) in [5.74, 6) is -0.399. The molecule has 1 aromatic rings. The van der Waals surface area contributed by atoms with Gasteiger partial charge >= 0.3 is 5.97 Å². The highest BCUT2D eigenvalue weighted by molar-refractivity contribution is 6.15. The molecule has 0 radical (unpaired) electrons. The molecule has 0 heterocycles. The minimum absolute atomic E-state index is 0.125. The van der Waals surface area contributed by atoms with Crippen LogP contribution < -0.4 is 0 Å². The Balaban J connectivity index is 0.00000154. The van der Waals surface area contributed by atoms with Gasteiger partial charge in [0.05, 0.1) is 0 Å². The first-order chi connectivity index (χ1) is 9.01. The maximum absolute atomic E-state index is 11.3. The second kappa shape index (κ2) is 8.73. The molecule has 3 nitrogen and oxygen atoms in total. The van der Waals surface area contributed by atoms with E-state index in [-0.39, 0.29) is 10.7 Å². The average Bonchev–Trinajstić information content (AvgIpc) is 2.42. The van der Waals surface area contributed by atoms with Crippen LogP contribution in [0.25, 0.3) is 0 Å². The van der Waals surface area contributed by atoms with Crippen molar-refractivity contribution in [2.45, 2.75) is 19.4 Å². The fourth-order valence-corrected chi connectivity index (χ4v) is 2.04. The first-order valence-electron chi connectivity index (χ1n) is 6.13. The number of rotatable bonds is 5. The Bertz CT molecular complexity index is 390. The molecule has 1 aromatic carbocycles. The highest BCUT2D eigenvalue weighted by Crippen LogP contribution is 2.28. The van der Waals surface area contributed by atoms with Gasteiger partial charge in [-0.05, 0) is 0 Å². The summed E-state index contributed by atoms with van der Waals surface area (Å²) in [6.07, 6.45) is 3.55. The lowest BCUT2D eigenvalue weighted by molar-refractivity contribution is -1.08. The second-order valence-corrected chi connectivity index (χ2v) is 4.38. The van der Waals surface area contributed by atoms with Gasteiger partial charge in [-0.25, -0.2) is 4.79 Å². The first kappa shape index (κ1) is 17.7. The van der Waals surface area contributed by atoms with Crippen molar-refractivity contribution in [1.82, 2.24) is 0 Å². The van der Waals surface area contributed by atoms with Gasteiger partial charge in [0.25, 0.3) is 0 Å². The second-order valence-electron chi connectivity index (χ2n) is 4.38. The Kier molecular flexibility index (Phi) is 8.12. The third-order valence-corrected chi connectivity index (χ3v) is 2.81. The molecule has 0 aliphatic rings. The van der Waals surface area contributed by atoms with E-state index in [1.807, 2.05) is 32.3 Å². The number of carbonyl (C=O) groups is 1. The van der Waals surface area contributed by atoms with Gasteiger partial charge in [-0.3, -0.25) is 4.84 Å². The number of hydrogen-bond acceptors (Lipinski definition) is 2. The number of benzene rings is 1. The van der Waals surface area contributed by atoms with Gasteiger partial charge in [0.1, 0.15) is 14.1 Å². The zero-order valence-electron chi connectivity index (χ0n) is 12.1. The van der Waals surface area contributed by atoms with Crippen molar-refractivity contribution in [3.8, 4) is 0 Å². The Labute approximate surface area is 121 Å². The average molecular weight is 285 g/mol. The summed E-state index contributed by atoms with van der Waals surface area (Å²) < 4.78 is 0.172. The molecule has 19 heavy (non-hydrogen) atoms. The van der Waals surface area contributed by atoms with Crippen LogP contribution in [0.3, 0.4) is 0 Å². The number of hydroxylamine groups is 3. The molecule has 0 aliphatic heterocycles. The number of nitrogens with zero attached hydrogens (tertiary/aromatic N) is 1. The number of halogens is 1. The number of quaternary nitrogens is 1. The number of carbonyl (C=O) groups excluding carboxylic acids is 1. The van der Waals surface area contributed by atoms with Crippen LogP contribution in [0.1, 0.15) is 24.9 Å². The lowest BCUT2D eigenvalue weighted by atomic mass is 10.0. The Morgan fingerprint density at radius 3 is 2.32 bits per heavy atom. The Hall–Kier alpha value is -1.32. The fourth-order valence-electron chi connectivity index (χ4n) is 2.04. The van der Waals surface area contributed by atoms with E-state index in [9.17, 15) is 4.79 Å². The molecule has 1 unspecified atom stereocenters. The van der Waals surface area contributed by atoms with Crippen molar-refractivity contribution in [3.63, 3.8) is 0 Å². The van der Waals surface area contributed by atoms with Crippen LogP contribution in [0.15, 0.2) is 43.0 Å². The van der Waals surface area contributed by atoms with E-state index >= 15 is 0 Å². The molecule has 1 rings (SSSR count). The SMILES string of the molecule is C=CC(=O)O[N+](C)(C)C(CC)c1ccccc1.CCl. The first-order valence-corrected chi connectivity index (χ1v) is 6.89. The van der Waals surface area contributed by atoms with Crippen LogP contribution in [0.4, 0.5) is 0 Å². The summed E-state index contributed by atoms with van der Waals surface area (Å²) in [5, 5.41) is 0. The molecule has 0 bridgehead atoms. The molecule has 0 aromatic heterocycles. The quantitative estimate of drug-likeness (QED) is 0.357. The molecule has 106 valence electrons. The maximum Gasteiger partial charge on any atom is 0.389 e. The van der Waals surface area contributed by atoms with E-state index in [2.05, 4.69) is 37.2 Å². The molecule has 0 N–H and O–H groups in total. The van der Waals surface area contributed by atoms with Gasteiger partial charge in [-0.1, -0.05) is 43.8 Å². The van der Waals surface area contributed by atoms with E-state index in [4.69, 9.17) is 4.84 Å². The van der Waals surface area contributed by atoms with E-state index in [0.29, 0.717) is 0 Å². The Morgan fingerprint density at radius 2 is 1.89 bits per heavy atom. The smallest absolute Gasteiger partial charge is 0.272 e. The molecular formula is C15H23ClNO2+. The number of hydrogen-bond donors (Lipinski definition) is 0. The Morgan fingerprint density at radius 1 is 1.37 bits per heavy atom. The fraction of sp³-hybridized carbons (Fsp3) is 0.400. The molecule has 1 atom stereocenters. The van der Waals surface area contributed by atoms with E-state index in [0.717, 1.165) is 12.0 Å². The summed E-state index contributed by atoms with van der Waals surface area (Å²) in [6.45, 7) is 5.50. The van der Waals surface area contributed by atoms with Gasteiger partial charge in [-0.2, -0.15) is 0 Å². The summed E-state index contributed by atoms with van der Waals surface area (Å²) in [5.41, 5.74) is 1.16. The molecule has 4 heteroatoms. The van der Waals surface area contributed by atoms with E-state index in [1.165, 1.54) is 12.5 Å². The third-order valence-electron chi connectivity index (χ3n) is 2.81. The number of alkyl halides is 1. The topological polar surface area (TPSA) is 26.3 Å². The summed E-state index contributed by atoms with van der Waals surface area (Å²) in [6, 6.07) is 10.2. The van der Waals surface area contributed by atoms with Gasteiger partial charge in [0, 0.05) is 24.4 Å². The zero-order valence-corrected chi connectivity index (χ0v) is 12.9. The van der Waals surface area contributed by atoms with Gasteiger partial charge in [-0.15, -0.1) is 16.2 Å². The van der Waals surface area contributed by atoms with E-state index in [1.54, 1.807) is 0 Å². The lowest BCUT2D eigenvalue weighted by Crippen LogP contribution is -2.44. The van der Waals surface area contributed by atoms with Crippen molar-refractivity contribution < 1.29 is 14.3 Å². The van der Waals surface area contributed by atoms with Gasteiger partial charge in [0.15, 0.2) is 6.04 Å². The minimum atomic E-state index is -0.399. The van der Waals surface area contributed by atoms with Crippen LogP contribution in [-0.4, -0.2) is 31.1 Å². The predicted octanol–water partition coefficient (Wildman–Crippen LogP) is 3.71. The minimum Gasteiger partial charge on any atom is -0.272 e. The van der Waals surface area contributed by atoms with Crippen LogP contribution >= 0.6 is 11.6 Å². The maximum atomic E-state index is 11.3. The third kappa shape index (κ3) is 5.45. The highest BCUT2D eigenvalue weighted by Gasteiger charge is 2.32. The summed E-state index contributed by atoms with van der Waals surface area (Å²) in [4.78, 5) is 16.7. The molecule has 0 saturated heterocycles. The highest BCUT2D eigenvalue weighted by atomic mass is 35.5. The standard InChI is InChI=1S/C14H20NO2.CH3Cl/c1-5-13(12-10-8-7-9-11-12)15(3,4)17-14(16)6-2;1-2/h6-11,13H,2,5H2,1,3-4H3;1H3/q+1;. The van der Waals surface area contributed by atoms with Crippen LogP contribution in [0.2, 0.25) is 0 Å². The molecule has 0 fully saturated rings. The molecule has 0 spiro atoms. The monoisotopic (exact) mass is 284 g/mol. The van der Waals surface area contributed by atoms with Crippen molar-refractivity contribution in [2.24, 2.45) is 0 Å². The normalized spacial score (nSPS) is 11.8. The van der Waals surface area contributed by atoms with Gasteiger partial charge in [0.2, 0.25) is 0 Å². The summed E-state index contributed by atoms with van der Waals surface area (Å²) in [7, 11) is 3.76. The van der Waals surface area contributed by atoms with Crippen molar-refractivity contribution >= 4 is 17.6 Å². The molecule has 0 amide bonds. The van der Waals surface area contributed by atoms with Crippen LogP contribution in [0, 0.1) is 0 Å². The summed E-state index contributed by atoms with van der Waals surface area (Å²) >= 11 is 4.64. The lowest BCUT2D eigenvalue weighted by Gasteiger charge is -2.33. The van der Waals surface area contributed by atoms with Crippen LogP contribution in [-0.2, 0) is 9.63 Å². The predicted molar refractivity (Wildman–Crippen MR) is 79.6 cm³/mol. The largest absolute Gasteiger partial charge is 0.389 e. The van der Waals surface area contributed by atoms with Crippen molar-refractivity contribution in [3.05, 3.63) is 48.6 Å². The van der Waals surface area contributed by atoms with Crippen LogP contribution in [0.5, 0.6) is 0 Å².